The van der Waals surface area contributed by atoms with Gasteiger partial charge in [-0.1, -0.05) is 105 Å². The van der Waals surface area contributed by atoms with Gasteiger partial charge in [0.05, 0.1) is 6.42 Å². The quantitative estimate of drug-likeness (QED) is 0.453. The van der Waals surface area contributed by atoms with E-state index in [-0.39, 0.29) is 18.2 Å². The minimum Gasteiger partial charge on any atom is -0.354 e. The van der Waals surface area contributed by atoms with Gasteiger partial charge in [0, 0.05) is 19.5 Å². The van der Waals surface area contributed by atoms with Crippen molar-refractivity contribution >= 4 is 11.8 Å². The first kappa shape index (κ1) is 24.2. The van der Waals surface area contributed by atoms with Crippen LogP contribution in [0.25, 0.3) is 0 Å². The van der Waals surface area contributed by atoms with Crippen LogP contribution in [0.1, 0.15) is 37.0 Å². The summed E-state index contributed by atoms with van der Waals surface area (Å²) in [6, 6.07) is 28.9. The molecule has 2 amide bonds. The van der Waals surface area contributed by atoms with Gasteiger partial charge in [0.15, 0.2) is 0 Å². The molecule has 1 N–H and O–H groups in total. The molecule has 172 valence electrons. The molecule has 3 aromatic carbocycles. The minimum absolute atomic E-state index is 0.0509. The summed E-state index contributed by atoms with van der Waals surface area (Å²) in [7, 11) is 0. The van der Waals surface area contributed by atoms with Crippen LogP contribution in [0.4, 0.5) is 0 Å². The molecule has 0 saturated heterocycles. The summed E-state index contributed by atoms with van der Waals surface area (Å²) in [6.45, 7) is 5.27. The van der Waals surface area contributed by atoms with E-state index in [1.165, 1.54) is 0 Å². The van der Waals surface area contributed by atoms with Crippen molar-refractivity contribution in [1.29, 1.82) is 0 Å². The molecule has 0 spiro atoms. The molecule has 4 nitrogen and oxygen atoms in total. The second-order valence-corrected chi connectivity index (χ2v) is 8.85. The molecule has 0 unspecified atom stereocenters. The number of carbonyl (C=O) groups excluding carboxylic acids is 2. The van der Waals surface area contributed by atoms with Crippen LogP contribution in [-0.4, -0.2) is 29.3 Å². The minimum atomic E-state index is -0.587. The van der Waals surface area contributed by atoms with Crippen LogP contribution in [0.5, 0.6) is 0 Å². The zero-order chi connectivity index (χ0) is 23.5. The first-order valence-electron chi connectivity index (χ1n) is 11.7. The Hall–Kier alpha value is -3.40. The van der Waals surface area contributed by atoms with Gasteiger partial charge in [-0.3, -0.25) is 9.59 Å². The molecular formula is C29H34N2O2. The van der Waals surface area contributed by atoms with Gasteiger partial charge in [-0.2, -0.15) is 0 Å². The second kappa shape index (κ2) is 12.6. The van der Waals surface area contributed by atoms with Gasteiger partial charge >= 0.3 is 0 Å². The summed E-state index contributed by atoms with van der Waals surface area (Å²) in [5.41, 5.74) is 2.98. The van der Waals surface area contributed by atoms with Crippen LogP contribution >= 0.6 is 0 Å². The molecule has 3 aromatic rings. The second-order valence-electron chi connectivity index (χ2n) is 8.85. The zero-order valence-electron chi connectivity index (χ0n) is 19.6. The van der Waals surface area contributed by atoms with Crippen molar-refractivity contribution < 1.29 is 9.59 Å². The highest BCUT2D eigenvalue weighted by Crippen LogP contribution is 2.16. The van der Waals surface area contributed by atoms with E-state index in [1.807, 2.05) is 91.0 Å². The highest BCUT2D eigenvalue weighted by atomic mass is 16.2. The topological polar surface area (TPSA) is 49.4 Å². The third kappa shape index (κ3) is 7.90. The highest BCUT2D eigenvalue weighted by Gasteiger charge is 2.30. The Labute approximate surface area is 197 Å². The van der Waals surface area contributed by atoms with E-state index >= 15 is 0 Å². The summed E-state index contributed by atoms with van der Waals surface area (Å²) in [4.78, 5) is 28.7. The van der Waals surface area contributed by atoms with Crippen molar-refractivity contribution in [2.24, 2.45) is 5.92 Å². The lowest BCUT2D eigenvalue weighted by Crippen LogP contribution is -2.51. The van der Waals surface area contributed by atoms with Gasteiger partial charge in [-0.25, -0.2) is 0 Å². The molecule has 0 radical (unpaired) electrons. The lowest BCUT2D eigenvalue weighted by Gasteiger charge is -2.32. The fraction of sp³-hybridized carbons (Fsp3) is 0.310. The highest BCUT2D eigenvalue weighted by molar-refractivity contribution is 5.88. The van der Waals surface area contributed by atoms with Crippen molar-refractivity contribution in [1.82, 2.24) is 10.2 Å². The molecule has 0 aliphatic rings. The standard InChI is InChI=1S/C29H34N2O2/c1-23(2)18-19-30-29(33)27(20-24-12-6-3-7-13-24)31(22-26-16-10-5-11-17-26)28(32)21-25-14-8-4-9-15-25/h3-17,23,27H,18-22H2,1-2H3,(H,30,33)/t27-/m0/s1. The molecular weight excluding hydrogens is 408 g/mol. The van der Waals surface area contributed by atoms with Crippen molar-refractivity contribution in [3.05, 3.63) is 108 Å². The van der Waals surface area contributed by atoms with Gasteiger partial charge in [0.2, 0.25) is 11.8 Å². The Kier molecular flexibility index (Phi) is 9.25. The fourth-order valence-corrected chi connectivity index (χ4v) is 3.81. The van der Waals surface area contributed by atoms with E-state index in [4.69, 9.17) is 0 Å². The third-order valence-corrected chi connectivity index (χ3v) is 5.69. The number of hydrogen-bond donors (Lipinski definition) is 1. The first-order valence-corrected chi connectivity index (χ1v) is 11.7. The molecule has 33 heavy (non-hydrogen) atoms. The molecule has 0 aliphatic heterocycles. The Morgan fingerprint density at radius 2 is 1.27 bits per heavy atom. The molecule has 0 heterocycles. The Morgan fingerprint density at radius 3 is 1.82 bits per heavy atom. The summed E-state index contributed by atoms with van der Waals surface area (Å²) in [5, 5.41) is 3.09. The van der Waals surface area contributed by atoms with E-state index in [2.05, 4.69) is 19.2 Å². The van der Waals surface area contributed by atoms with E-state index < -0.39 is 6.04 Å². The molecule has 4 heteroatoms. The predicted molar refractivity (Wildman–Crippen MR) is 134 cm³/mol. The van der Waals surface area contributed by atoms with Crippen LogP contribution in [-0.2, 0) is 29.0 Å². The predicted octanol–water partition coefficient (Wildman–Crippen LogP) is 5.03. The zero-order valence-corrected chi connectivity index (χ0v) is 19.6. The fourth-order valence-electron chi connectivity index (χ4n) is 3.81. The van der Waals surface area contributed by atoms with Crippen LogP contribution in [0, 0.1) is 5.92 Å². The van der Waals surface area contributed by atoms with Gasteiger partial charge in [-0.05, 0) is 29.0 Å². The first-order chi connectivity index (χ1) is 16.0. The molecule has 0 aromatic heterocycles. The van der Waals surface area contributed by atoms with Gasteiger partial charge in [0.1, 0.15) is 6.04 Å². The number of benzene rings is 3. The molecule has 0 fully saturated rings. The van der Waals surface area contributed by atoms with Crippen LogP contribution in [0.2, 0.25) is 0 Å². The maximum Gasteiger partial charge on any atom is 0.243 e. The Balaban J connectivity index is 1.89. The molecule has 1 atom stereocenters. The summed E-state index contributed by atoms with van der Waals surface area (Å²) < 4.78 is 0. The van der Waals surface area contributed by atoms with Crippen molar-refractivity contribution in [3.63, 3.8) is 0 Å². The monoisotopic (exact) mass is 442 g/mol. The molecule has 0 bridgehead atoms. The average molecular weight is 443 g/mol. The Bertz CT molecular complexity index is 988. The van der Waals surface area contributed by atoms with Crippen LogP contribution in [0.3, 0.4) is 0 Å². The number of nitrogens with one attached hydrogen (secondary N) is 1. The number of amides is 2. The van der Waals surface area contributed by atoms with Gasteiger partial charge < -0.3 is 10.2 Å². The van der Waals surface area contributed by atoms with Gasteiger partial charge in [0.25, 0.3) is 0 Å². The maximum atomic E-state index is 13.6. The maximum absolute atomic E-state index is 13.6. The van der Waals surface area contributed by atoms with E-state index in [0.717, 1.165) is 23.1 Å². The smallest absolute Gasteiger partial charge is 0.243 e. The largest absolute Gasteiger partial charge is 0.354 e. The van der Waals surface area contributed by atoms with Crippen molar-refractivity contribution in [2.45, 2.75) is 45.7 Å². The average Bonchev–Trinajstić information content (AvgIpc) is 2.83. The molecule has 0 saturated carbocycles. The van der Waals surface area contributed by atoms with Gasteiger partial charge in [-0.15, -0.1) is 0 Å². The van der Waals surface area contributed by atoms with Crippen LogP contribution < -0.4 is 5.32 Å². The molecule has 3 rings (SSSR count). The Morgan fingerprint density at radius 1 is 0.758 bits per heavy atom. The summed E-state index contributed by atoms with van der Waals surface area (Å²) in [5.74, 6) is 0.347. The number of nitrogens with zero attached hydrogens (tertiary/aromatic N) is 1. The van der Waals surface area contributed by atoms with Crippen molar-refractivity contribution in [2.75, 3.05) is 6.54 Å². The number of hydrogen-bond acceptors (Lipinski definition) is 2. The lowest BCUT2D eigenvalue weighted by atomic mass is 10.0. The number of rotatable bonds is 11. The molecule has 0 aliphatic carbocycles. The normalized spacial score (nSPS) is 11.7. The van der Waals surface area contributed by atoms with Crippen molar-refractivity contribution in [3.8, 4) is 0 Å². The van der Waals surface area contributed by atoms with E-state index in [0.29, 0.717) is 25.4 Å². The summed E-state index contributed by atoms with van der Waals surface area (Å²) >= 11 is 0. The van der Waals surface area contributed by atoms with E-state index in [9.17, 15) is 9.59 Å². The SMILES string of the molecule is CC(C)CCNC(=O)[C@H](Cc1ccccc1)N(Cc1ccccc1)C(=O)Cc1ccccc1. The third-order valence-electron chi connectivity index (χ3n) is 5.69. The van der Waals surface area contributed by atoms with Crippen LogP contribution in [0.15, 0.2) is 91.0 Å². The lowest BCUT2D eigenvalue weighted by molar-refractivity contribution is -0.140. The number of carbonyl (C=O) groups is 2. The summed E-state index contributed by atoms with van der Waals surface area (Å²) in [6.07, 6.45) is 1.64. The van der Waals surface area contributed by atoms with E-state index in [1.54, 1.807) is 4.90 Å².